The van der Waals surface area contributed by atoms with Gasteiger partial charge < -0.3 is 20.7 Å². The minimum absolute atomic E-state index is 0.276. The van der Waals surface area contributed by atoms with Crippen LogP contribution in [0.4, 0.5) is 16.3 Å². The van der Waals surface area contributed by atoms with Gasteiger partial charge in [0.15, 0.2) is 5.82 Å². The van der Waals surface area contributed by atoms with Crippen molar-refractivity contribution in [3.8, 4) is 11.6 Å². The summed E-state index contributed by atoms with van der Waals surface area (Å²) in [5.74, 6) is 2.04. The molecule has 3 aromatic rings. The first-order chi connectivity index (χ1) is 13.6. The summed E-state index contributed by atoms with van der Waals surface area (Å²) in [7, 11) is 0. The van der Waals surface area contributed by atoms with E-state index in [1.165, 1.54) is 0 Å². The van der Waals surface area contributed by atoms with Crippen LogP contribution in [-0.4, -0.2) is 45.7 Å². The Labute approximate surface area is 163 Å². The first kappa shape index (κ1) is 19.2. The highest BCUT2D eigenvalue weighted by molar-refractivity contribution is 5.89. The number of aryl methyl sites for hydroxylation is 1. The lowest BCUT2D eigenvalue weighted by Gasteiger charge is -2.09. The van der Waals surface area contributed by atoms with Gasteiger partial charge in [0.2, 0.25) is 0 Å². The smallest absolute Gasteiger partial charge is 0.319 e. The number of urea groups is 1. The number of nitrogens with zero attached hydrogens (tertiary/aromatic N) is 4. The molecule has 9 nitrogen and oxygen atoms in total. The molecule has 0 unspecified atom stereocenters. The lowest BCUT2D eigenvalue weighted by atomic mass is 10.3. The van der Waals surface area contributed by atoms with Gasteiger partial charge >= 0.3 is 6.03 Å². The van der Waals surface area contributed by atoms with E-state index >= 15 is 0 Å². The van der Waals surface area contributed by atoms with Gasteiger partial charge in [0.25, 0.3) is 0 Å². The highest BCUT2D eigenvalue weighted by Gasteiger charge is 2.03. The predicted molar refractivity (Wildman–Crippen MR) is 107 cm³/mol. The third kappa shape index (κ3) is 5.44. The molecule has 0 bridgehead atoms. The zero-order valence-electron chi connectivity index (χ0n) is 15.8. The van der Waals surface area contributed by atoms with Crippen molar-refractivity contribution in [1.82, 2.24) is 25.3 Å². The van der Waals surface area contributed by atoms with Crippen LogP contribution in [0.3, 0.4) is 0 Å². The monoisotopic (exact) mass is 381 g/mol. The molecule has 0 fully saturated rings. The molecule has 0 saturated carbocycles. The number of carbonyl (C=O) groups is 1. The van der Waals surface area contributed by atoms with Crippen LogP contribution in [0.25, 0.3) is 5.82 Å². The molecule has 2 heterocycles. The summed E-state index contributed by atoms with van der Waals surface area (Å²) >= 11 is 0. The number of rotatable bonds is 8. The maximum Gasteiger partial charge on any atom is 0.319 e. The first-order valence-electron chi connectivity index (χ1n) is 9.02. The molecule has 0 atom stereocenters. The third-order valence-corrected chi connectivity index (χ3v) is 3.75. The summed E-state index contributed by atoms with van der Waals surface area (Å²) < 4.78 is 7.03. The van der Waals surface area contributed by atoms with E-state index in [9.17, 15) is 4.79 Å². The van der Waals surface area contributed by atoms with Crippen LogP contribution >= 0.6 is 0 Å². The minimum Gasteiger partial charge on any atom is -0.494 e. The molecular weight excluding hydrogens is 358 g/mol. The molecule has 0 radical (unpaired) electrons. The largest absolute Gasteiger partial charge is 0.494 e. The lowest BCUT2D eigenvalue weighted by molar-refractivity contribution is 0.252. The Balaban J connectivity index is 1.38. The van der Waals surface area contributed by atoms with E-state index in [2.05, 4.69) is 31.2 Å². The molecular formula is C19H23N7O2. The fraction of sp³-hybridized carbons (Fsp3) is 0.263. The summed E-state index contributed by atoms with van der Waals surface area (Å²) in [6, 6.07) is 12.5. The predicted octanol–water partition coefficient (Wildman–Crippen LogP) is 2.60. The molecule has 0 aliphatic rings. The summed E-state index contributed by atoms with van der Waals surface area (Å²) in [5.41, 5.74) is 1.61. The van der Waals surface area contributed by atoms with Gasteiger partial charge in [-0.2, -0.15) is 5.10 Å². The Kier molecular flexibility index (Phi) is 6.40. The van der Waals surface area contributed by atoms with Crippen molar-refractivity contribution < 1.29 is 9.53 Å². The first-order valence-corrected chi connectivity index (χ1v) is 9.02. The molecule has 3 N–H and O–H groups in total. The number of carbonyl (C=O) groups excluding carboxylic acids is 1. The second-order valence-corrected chi connectivity index (χ2v) is 5.94. The standard InChI is InChI=1S/C19H23N7O2/c1-3-28-16-6-4-15(5-7-16)22-19(27)21-12-11-20-17-8-9-18(24-23-17)26-13-10-14(2)25-26/h4-10,13H,3,11-12H2,1-2H3,(H,20,23)(H2,21,22,27). The van der Waals surface area contributed by atoms with E-state index in [0.29, 0.717) is 37.0 Å². The van der Waals surface area contributed by atoms with Crippen molar-refractivity contribution in [3.63, 3.8) is 0 Å². The van der Waals surface area contributed by atoms with Crippen molar-refractivity contribution in [3.05, 3.63) is 54.4 Å². The highest BCUT2D eigenvalue weighted by Crippen LogP contribution is 2.15. The van der Waals surface area contributed by atoms with Crippen molar-refractivity contribution in [1.29, 1.82) is 0 Å². The molecule has 0 aliphatic heterocycles. The average molecular weight is 381 g/mol. The Hall–Kier alpha value is -3.62. The number of hydrogen-bond acceptors (Lipinski definition) is 6. The van der Waals surface area contributed by atoms with Crippen molar-refractivity contribution in [2.45, 2.75) is 13.8 Å². The fourth-order valence-electron chi connectivity index (χ4n) is 2.43. The Bertz CT molecular complexity index is 891. The van der Waals surface area contributed by atoms with E-state index in [1.54, 1.807) is 16.8 Å². The normalized spacial score (nSPS) is 10.4. The van der Waals surface area contributed by atoms with Crippen molar-refractivity contribution in [2.24, 2.45) is 0 Å². The van der Waals surface area contributed by atoms with Crippen LogP contribution in [-0.2, 0) is 0 Å². The van der Waals surface area contributed by atoms with Gasteiger partial charge in [0.1, 0.15) is 11.6 Å². The summed E-state index contributed by atoms with van der Waals surface area (Å²) in [5, 5.41) is 21.2. The van der Waals surface area contributed by atoms with Crippen LogP contribution in [0, 0.1) is 6.92 Å². The number of anilines is 2. The van der Waals surface area contributed by atoms with Crippen molar-refractivity contribution >= 4 is 17.5 Å². The zero-order chi connectivity index (χ0) is 19.8. The minimum atomic E-state index is -0.276. The van der Waals surface area contributed by atoms with Crippen LogP contribution in [0.15, 0.2) is 48.7 Å². The van der Waals surface area contributed by atoms with Crippen LogP contribution in [0.5, 0.6) is 5.75 Å². The molecule has 146 valence electrons. The van der Waals surface area contributed by atoms with E-state index < -0.39 is 0 Å². The Morgan fingerprint density at radius 1 is 1.07 bits per heavy atom. The highest BCUT2D eigenvalue weighted by atomic mass is 16.5. The van der Waals surface area contributed by atoms with Crippen molar-refractivity contribution in [2.75, 3.05) is 30.3 Å². The quantitative estimate of drug-likeness (QED) is 0.518. The zero-order valence-corrected chi connectivity index (χ0v) is 15.8. The lowest BCUT2D eigenvalue weighted by Crippen LogP contribution is -2.32. The summed E-state index contributed by atoms with van der Waals surface area (Å²) in [6.45, 7) is 5.40. The van der Waals surface area contributed by atoms with Gasteiger partial charge in [-0.25, -0.2) is 9.48 Å². The van der Waals surface area contributed by atoms with Crippen LogP contribution in [0.1, 0.15) is 12.6 Å². The second kappa shape index (κ2) is 9.36. The third-order valence-electron chi connectivity index (χ3n) is 3.75. The van der Waals surface area contributed by atoms with Crippen LogP contribution in [0.2, 0.25) is 0 Å². The number of aromatic nitrogens is 4. The summed E-state index contributed by atoms with van der Waals surface area (Å²) in [6.07, 6.45) is 1.83. The molecule has 2 amide bonds. The molecule has 9 heteroatoms. The van der Waals surface area contributed by atoms with Gasteiger partial charge in [0.05, 0.1) is 12.3 Å². The molecule has 0 spiro atoms. The number of amides is 2. The van der Waals surface area contributed by atoms with Crippen LogP contribution < -0.4 is 20.7 Å². The summed E-state index contributed by atoms with van der Waals surface area (Å²) in [4.78, 5) is 11.9. The second-order valence-electron chi connectivity index (χ2n) is 5.94. The van der Waals surface area contributed by atoms with Gasteiger partial charge in [-0.15, -0.1) is 10.2 Å². The molecule has 28 heavy (non-hydrogen) atoms. The molecule has 1 aromatic carbocycles. The van der Waals surface area contributed by atoms with E-state index in [-0.39, 0.29) is 6.03 Å². The van der Waals surface area contributed by atoms with Gasteiger partial charge in [-0.05, 0) is 56.3 Å². The molecule has 2 aromatic heterocycles. The molecule has 0 aliphatic carbocycles. The fourth-order valence-corrected chi connectivity index (χ4v) is 2.43. The number of benzene rings is 1. The topological polar surface area (TPSA) is 106 Å². The van der Waals surface area contributed by atoms with Gasteiger partial charge in [0, 0.05) is 25.0 Å². The molecule has 3 rings (SSSR count). The van der Waals surface area contributed by atoms with Gasteiger partial charge in [-0.3, -0.25) is 0 Å². The number of hydrogen-bond donors (Lipinski definition) is 3. The molecule has 0 saturated heterocycles. The maximum atomic E-state index is 11.9. The Morgan fingerprint density at radius 3 is 2.54 bits per heavy atom. The van der Waals surface area contributed by atoms with E-state index in [4.69, 9.17) is 4.74 Å². The van der Waals surface area contributed by atoms with Gasteiger partial charge in [-0.1, -0.05) is 0 Å². The SMILES string of the molecule is CCOc1ccc(NC(=O)NCCNc2ccc(-n3ccc(C)n3)nn2)cc1. The Morgan fingerprint density at radius 2 is 1.89 bits per heavy atom. The average Bonchev–Trinajstić information content (AvgIpc) is 3.14. The van der Waals surface area contributed by atoms with E-state index in [0.717, 1.165) is 11.4 Å². The van der Waals surface area contributed by atoms with E-state index in [1.807, 2.05) is 50.4 Å². The number of nitrogens with one attached hydrogen (secondary N) is 3. The number of ether oxygens (including phenoxy) is 1. The maximum absolute atomic E-state index is 11.9.